The summed E-state index contributed by atoms with van der Waals surface area (Å²) in [5.41, 5.74) is 0. The van der Waals surface area contributed by atoms with Gasteiger partial charge in [-0.2, -0.15) is 0 Å². The predicted octanol–water partition coefficient (Wildman–Crippen LogP) is -2.62. The maximum absolute atomic E-state index is 8.58. The molecule has 0 N–H and O–H groups in total. The number of hydrogen-bond acceptors (Lipinski definition) is 4. The zero-order chi connectivity index (χ0) is 4.50. The second-order valence-corrected chi connectivity index (χ2v) is 1.56. The summed E-state index contributed by atoms with van der Waals surface area (Å²) in [4.78, 5) is 0. The van der Waals surface area contributed by atoms with E-state index in [1.807, 2.05) is 0 Å². The van der Waals surface area contributed by atoms with E-state index in [1.165, 1.54) is 0 Å². The number of hydrogen-bond donors (Lipinski definition) is 0. The molecule has 4 nitrogen and oxygen atoms in total. The Morgan fingerprint density at radius 3 is 1.17 bits per heavy atom. The van der Waals surface area contributed by atoms with Gasteiger partial charge in [0.2, 0.25) is 0 Å². The van der Waals surface area contributed by atoms with Crippen LogP contribution in [-0.4, -0.2) is 0 Å². The van der Waals surface area contributed by atoms with Crippen LogP contribution in [0.2, 0.25) is 0 Å². The minimum atomic E-state index is -5.62. The van der Waals surface area contributed by atoms with E-state index in [0.717, 1.165) is 0 Å². The van der Waals surface area contributed by atoms with Crippen molar-refractivity contribution in [1.82, 2.24) is 0 Å². The van der Waals surface area contributed by atoms with Crippen LogP contribution in [0.3, 0.4) is 0 Å². The van der Waals surface area contributed by atoms with Gasteiger partial charge in [-0.1, -0.05) is 0 Å². The van der Waals surface area contributed by atoms with Gasteiger partial charge >= 0.3 is 46.5 Å². The van der Waals surface area contributed by atoms with E-state index in [-0.39, 0.29) is 17.1 Å². The van der Waals surface area contributed by atoms with Crippen molar-refractivity contribution >= 4 is 0 Å². The summed E-state index contributed by atoms with van der Waals surface area (Å²) < 4.78 is 34.3. The summed E-state index contributed by atoms with van der Waals surface area (Å²) in [7, 11) is 0. The van der Waals surface area contributed by atoms with Crippen LogP contribution in [0.5, 0.6) is 0 Å². The van der Waals surface area contributed by atoms with Crippen molar-refractivity contribution in [1.29, 1.82) is 0 Å². The third kappa shape index (κ3) is 185. The molecule has 0 unspecified atom stereocenters. The standard InChI is InChI=1S/Cu.Mn.4O/q+2;;;;2*-1. The summed E-state index contributed by atoms with van der Waals surface area (Å²) in [6.07, 6.45) is 0. The third-order valence-electron chi connectivity index (χ3n) is 0. The topological polar surface area (TPSA) is 80.3 Å². The maximum atomic E-state index is 8.58. The van der Waals surface area contributed by atoms with Crippen molar-refractivity contribution < 1.29 is 46.5 Å². The van der Waals surface area contributed by atoms with E-state index in [2.05, 4.69) is 0 Å². The van der Waals surface area contributed by atoms with E-state index in [9.17, 15) is 0 Å². The van der Waals surface area contributed by atoms with E-state index < -0.39 is 13.4 Å². The van der Waals surface area contributed by atoms with E-state index >= 15 is 0 Å². The summed E-state index contributed by atoms with van der Waals surface area (Å²) >= 11 is -5.62. The molecule has 0 aromatic heterocycles. The first kappa shape index (κ1) is 9.75. The molecule has 0 aliphatic heterocycles. The fourth-order valence-corrected chi connectivity index (χ4v) is 0. The Balaban J connectivity index is 0. The van der Waals surface area contributed by atoms with Crippen LogP contribution >= 0.6 is 0 Å². The molecule has 0 fully saturated rings. The van der Waals surface area contributed by atoms with Gasteiger partial charge < -0.3 is 0 Å². The molecule has 0 bridgehead atoms. The molecule has 6 heavy (non-hydrogen) atoms. The molecule has 0 aromatic carbocycles. The average Bonchev–Trinajstić information content (AvgIpc) is 0.722. The van der Waals surface area contributed by atoms with Crippen molar-refractivity contribution in [3.8, 4) is 0 Å². The second-order valence-electron chi connectivity index (χ2n) is 0.378. The molecule has 1 radical (unpaired) electrons. The van der Waals surface area contributed by atoms with Gasteiger partial charge in [-0.15, -0.1) is 0 Å². The molecule has 0 saturated carbocycles. The molecule has 0 saturated heterocycles. The molecule has 0 amide bonds. The summed E-state index contributed by atoms with van der Waals surface area (Å²) in [5, 5.41) is 0. The predicted molar refractivity (Wildman–Crippen MR) is 1.37 cm³/mol. The van der Waals surface area contributed by atoms with Crippen LogP contribution in [-0.2, 0) is 38.1 Å². The molecule has 0 atom stereocenters. The van der Waals surface area contributed by atoms with Gasteiger partial charge in [0.1, 0.15) is 0 Å². The van der Waals surface area contributed by atoms with Crippen LogP contribution in [0.4, 0.5) is 0 Å². The van der Waals surface area contributed by atoms with Gasteiger partial charge in [-0.25, -0.2) is 0 Å². The first-order valence-corrected chi connectivity index (χ1v) is 2.54. The van der Waals surface area contributed by atoms with Gasteiger partial charge in [0.15, 0.2) is 0 Å². The molecule has 0 aliphatic carbocycles. The van der Waals surface area contributed by atoms with Crippen molar-refractivity contribution in [2.24, 2.45) is 0 Å². The Morgan fingerprint density at radius 2 is 1.17 bits per heavy atom. The molecule has 0 spiro atoms. The van der Waals surface area contributed by atoms with Crippen LogP contribution in [0, 0.1) is 0 Å². The van der Waals surface area contributed by atoms with Crippen LogP contribution in [0.25, 0.3) is 0 Å². The van der Waals surface area contributed by atoms with Gasteiger partial charge in [-0.3, -0.25) is 0 Å². The Kier molecular flexibility index (Phi) is 4.37. The van der Waals surface area contributed by atoms with Gasteiger partial charge in [0.05, 0.1) is 0 Å². The van der Waals surface area contributed by atoms with Crippen molar-refractivity contribution in [2.75, 3.05) is 0 Å². The Hall–Kier alpha value is 0.559. The van der Waals surface area contributed by atoms with Crippen LogP contribution < -0.4 is 8.38 Å². The van der Waals surface area contributed by atoms with Gasteiger partial charge in [0, 0.05) is 0 Å². The summed E-state index contributed by atoms with van der Waals surface area (Å²) in [6, 6.07) is 0. The first-order valence-electron chi connectivity index (χ1n) is 0.617. The molecular formula is CuMnO4. The Morgan fingerprint density at radius 1 is 1.17 bits per heavy atom. The second kappa shape index (κ2) is 2.69. The molecule has 0 aromatic rings. The number of rotatable bonds is 0. The molecule has 0 aliphatic rings. The van der Waals surface area contributed by atoms with Crippen molar-refractivity contribution in [3.63, 3.8) is 0 Å². The SMILES string of the molecule is [Cu+2].[O]=[Mn](=[O])([O-])[O-]. The normalized spacial score (nSPS) is 9.67. The summed E-state index contributed by atoms with van der Waals surface area (Å²) in [6.45, 7) is 0. The van der Waals surface area contributed by atoms with Crippen molar-refractivity contribution in [3.05, 3.63) is 0 Å². The van der Waals surface area contributed by atoms with E-state index in [4.69, 9.17) is 16.0 Å². The van der Waals surface area contributed by atoms with Crippen molar-refractivity contribution in [2.45, 2.75) is 0 Å². The zero-order valence-corrected chi connectivity index (χ0v) is 4.43. The summed E-state index contributed by atoms with van der Waals surface area (Å²) in [5.74, 6) is 0. The molecule has 42 valence electrons. The Labute approximate surface area is 46.9 Å². The molecular weight excluding hydrogens is 182 g/mol. The molecule has 6 heteroatoms. The van der Waals surface area contributed by atoms with Crippen LogP contribution in [0.15, 0.2) is 0 Å². The Bertz CT molecular complexity index is 90.7. The zero-order valence-electron chi connectivity index (χ0n) is 2.31. The van der Waals surface area contributed by atoms with E-state index in [0.29, 0.717) is 0 Å². The minimum absolute atomic E-state index is 0. The average molecular weight is 182 g/mol. The van der Waals surface area contributed by atoms with E-state index in [1.54, 1.807) is 0 Å². The third-order valence-corrected chi connectivity index (χ3v) is 0. The van der Waals surface area contributed by atoms with Gasteiger partial charge in [0.25, 0.3) is 0 Å². The monoisotopic (exact) mass is 182 g/mol. The molecule has 0 rings (SSSR count). The fraction of sp³-hybridized carbons (Fsp3) is 0. The molecule has 0 heterocycles. The fourth-order valence-electron chi connectivity index (χ4n) is 0. The quantitative estimate of drug-likeness (QED) is 0.384. The van der Waals surface area contributed by atoms with Crippen LogP contribution in [0.1, 0.15) is 0 Å². The first-order chi connectivity index (χ1) is 2.00. The van der Waals surface area contributed by atoms with Gasteiger partial charge in [-0.05, 0) is 0 Å².